The van der Waals surface area contributed by atoms with Crippen molar-refractivity contribution >= 4 is 17.9 Å². The van der Waals surface area contributed by atoms with Crippen LogP contribution in [-0.4, -0.2) is 37.2 Å². The maximum absolute atomic E-state index is 12.9. The van der Waals surface area contributed by atoms with Gasteiger partial charge in [0, 0.05) is 19.3 Å². The third kappa shape index (κ3) is 69.1. The van der Waals surface area contributed by atoms with Gasteiger partial charge in [0.15, 0.2) is 6.10 Å². The van der Waals surface area contributed by atoms with Crippen molar-refractivity contribution in [2.45, 2.75) is 451 Å². The molecule has 1 unspecified atom stereocenters. The van der Waals surface area contributed by atoms with Crippen LogP contribution in [0.1, 0.15) is 445 Å². The van der Waals surface area contributed by atoms with Crippen molar-refractivity contribution in [2.24, 2.45) is 0 Å². The second kappa shape index (κ2) is 70.9. The van der Waals surface area contributed by atoms with Crippen LogP contribution in [0.5, 0.6) is 0 Å². The second-order valence-corrected chi connectivity index (χ2v) is 25.9. The molecule has 0 heterocycles. The second-order valence-electron chi connectivity index (χ2n) is 25.9. The van der Waals surface area contributed by atoms with Crippen molar-refractivity contribution in [3.63, 3.8) is 0 Å². The van der Waals surface area contributed by atoms with Crippen LogP contribution in [0.15, 0.2) is 0 Å². The van der Waals surface area contributed by atoms with Crippen molar-refractivity contribution in [1.29, 1.82) is 0 Å². The molecule has 1 atom stereocenters. The molecule has 6 nitrogen and oxygen atoms in total. The number of hydrogen-bond donors (Lipinski definition) is 0. The Hall–Kier alpha value is -1.59. The molecule has 0 aliphatic heterocycles. The zero-order chi connectivity index (χ0) is 58.5. The van der Waals surface area contributed by atoms with Gasteiger partial charge >= 0.3 is 17.9 Å². The van der Waals surface area contributed by atoms with Gasteiger partial charge in [0.2, 0.25) is 0 Å². The van der Waals surface area contributed by atoms with Crippen LogP contribution in [0.2, 0.25) is 0 Å². The van der Waals surface area contributed by atoms with E-state index in [1.54, 1.807) is 0 Å². The van der Waals surface area contributed by atoms with Gasteiger partial charge < -0.3 is 14.2 Å². The first-order valence-electron chi connectivity index (χ1n) is 37.5. The van der Waals surface area contributed by atoms with E-state index in [-0.39, 0.29) is 31.1 Å². The monoisotopic (exact) mass is 1140 g/mol. The minimum absolute atomic E-state index is 0.0602. The fraction of sp³-hybridized carbons (Fsp3) is 0.960. The Bertz CT molecular complexity index is 1220. The number of carbonyl (C=O) groups is 3. The molecule has 0 saturated carbocycles. The van der Waals surface area contributed by atoms with Gasteiger partial charge in [-0.3, -0.25) is 14.4 Å². The number of rotatable bonds is 71. The van der Waals surface area contributed by atoms with Gasteiger partial charge in [0.05, 0.1) is 0 Å². The van der Waals surface area contributed by atoms with Crippen LogP contribution >= 0.6 is 0 Å². The van der Waals surface area contributed by atoms with Crippen LogP contribution in [-0.2, 0) is 28.6 Å². The lowest BCUT2D eigenvalue weighted by molar-refractivity contribution is -0.167. The van der Waals surface area contributed by atoms with E-state index in [2.05, 4.69) is 20.8 Å². The number of hydrogen-bond acceptors (Lipinski definition) is 6. The lowest BCUT2D eigenvalue weighted by atomic mass is 10.0. The largest absolute Gasteiger partial charge is 0.462 e. The Labute approximate surface area is 508 Å². The first-order chi connectivity index (χ1) is 40.0. The fourth-order valence-electron chi connectivity index (χ4n) is 12.0. The summed E-state index contributed by atoms with van der Waals surface area (Å²) in [5.74, 6) is -0.820. The van der Waals surface area contributed by atoms with Gasteiger partial charge in [0.1, 0.15) is 13.2 Å². The van der Waals surface area contributed by atoms with Crippen LogP contribution < -0.4 is 0 Å². The highest BCUT2D eigenvalue weighted by atomic mass is 16.6. The van der Waals surface area contributed by atoms with E-state index < -0.39 is 6.10 Å². The molecule has 0 amide bonds. The molecule has 0 N–H and O–H groups in total. The summed E-state index contributed by atoms with van der Waals surface area (Å²) in [7, 11) is 0. The first kappa shape index (κ1) is 79.4. The number of unbranched alkanes of at least 4 members (excludes halogenated alkanes) is 60. The maximum atomic E-state index is 12.9. The zero-order valence-corrected chi connectivity index (χ0v) is 55.6. The highest BCUT2D eigenvalue weighted by molar-refractivity contribution is 5.71. The molecule has 0 aromatic carbocycles. The normalized spacial score (nSPS) is 11.9. The molecule has 0 spiro atoms. The van der Waals surface area contributed by atoms with Crippen molar-refractivity contribution in [1.82, 2.24) is 0 Å². The smallest absolute Gasteiger partial charge is 0.306 e. The third-order valence-corrected chi connectivity index (χ3v) is 17.6. The molecule has 482 valence electrons. The Kier molecular flexibility index (Phi) is 69.5. The first-order valence-corrected chi connectivity index (χ1v) is 37.5. The molecule has 6 heteroatoms. The molecule has 0 rings (SSSR count). The number of esters is 3. The molecule has 0 aliphatic rings. The van der Waals surface area contributed by atoms with Gasteiger partial charge in [0.25, 0.3) is 0 Å². The van der Waals surface area contributed by atoms with Crippen molar-refractivity contribution < 1.29 is 28.6 Å². The highest BCUT2D eigenvalue weighted by Gasteiger charge is 2.20. The van der Waals surface area contributed by atoms with Crippen LogP contribution in [0.3, 0.4) is 0 Å². The Morgan fingerprint density at radius 1 is 0.198 bits per heavy atom. The van der Waals surface area contributed by atoms with Gasteiger partial charge in [-0.2, -0.15) is 0 Å². The lowest BCUT2D eigenvalue weighted by Gasteiger charge is -2.18. The van der Waals surface area contributed by atoms with Gasteiger partial charge in [-0.05, 0) is 19.3 Å². The van der Waals surface area contributed by atoms with E-state index in [0.29, 0.717) is 19.3 Å². The molecule has 0 aromatic rings. The predicted octanol–water partition coefficient (Wildman–Crippen LogP) is 25.8. The average molecular weight is 1140 g/mol. The summed E-state index contributed by atoms with van der Waals surface area (Å²) in [4.78, 5) is 38.4. The molecule has 0 aliphatic carbocycles. The van der Waals surface area contributed by atoms with Gasteiger partial charge in [-0.1, -0.05) is 406 Å². The van der Waals surface area contributed by atoms with E-state index in [1.807, 2.05) is 0 Å². The van der Waals surface area contributed by atoms with Crippen molar-refractivity contribution in [3.8, 4) is 0 Å². The molecule has 0 aromatic heterocycles. The van der Waals surface area contributed by atoms with E-state index in [1.165, 1.54) is 347 Å². The summed E-state index contributed by atoms with van der Waals surface area (Å²) in [6.45, 7) is 6.74. The standard InChI is InChI=1S/C75H146O6/c1-4-7-10-13-16-19-22-25-27-29-31-32-33-34-35-36-37-38-39-40-41-42-43-45-46-48-50-53-56-59-62-65-68-74(77)80-71-72(70-79-73(76)67-64-61-58-55-52-24-21-18-15-12-9-6-3)81-75(78)69-66-63-60-57-54-51-49-47-44-30-28-26-23-20-17-14-11-8-5-2/h72H,4-71H2,1-3H3. The fourth-order valence-corrected chi connectivity index (χ4v) is 12.0. The van der Waals surface area contributed by atoms with E-state index >= 15 is 0 Å². The van der Waals surface area contributed by atoms with E-state index in [0.717, 1.165) is 57.8 Å². The Balaban J connectivity index is 4.06. The molecular formula is C75H146O6. The molecule has 0 bridgehead atoms. The summed E-state index contributed by atoms with van der Waals surface area (Å²) in [6, 6.07) is 0. The Morgan fingerprint density at radius 2 is 0.333 bits per heavy atom. The lowest BCUT2D eigenvalue weighted by Crippen LogP contribution is -2.30. The topological polar surface area (TPSA) is 78.9 Å². The SMILES string of the molecule is CCCCCCCCCCCCCCCCCCCCCCCCCCCCCCCCCCC(=O)OCC(COC(=O)CCCCCCCCCCCCCC)OC(=O)CCCCCCCCCCCCCCCCCCCCC. The summed E-state index contributed by atoms with van der Waals surface area (Å²) < 4.78 is 17.0. The minimum Gasteiger partial charge on any atom is -0.462 e. The molecule has 81 heavy (non-hydrogen) atoms. The maximum Gasteiger partial charge on any atom is 0.306 e. The molecule has 0 radical (unpaired) electrons. The summed E-state index contributed by atoms with van der Waals surface area (Å²) in [5, 5.41) is 0. The summed E-state index contributed by atoms with van der Waals surface area (Å²) in [6.07, 6.45) is 84.5. The van der Waals surface area contributed by atoms with Crippen LogP contribution in [0.4, 0.5) is 0 Å². The van der Waals surface area contributed by atoms with Gasteiger partial charge in [-0.15, -0.1) is 0 Å². The van der Waals surface area contributed by atoms with Gasteiger partial charge in [-0.25, -0.2) is 0 Å². The minimum atomic E-state index is -0.763. The number of carbonyl (C=O) groups excluding carboxylic acids is 3. The van der Waals surface area contributed by atoms with E-state index in [9.17, 15) is 14.4 Å². The highest BCUT2D eigenvalue weighted by Crippen LogP contribution is 2.20. The van der Waals surface area contributed by atoms with Crippen LogP contribution in [0.25, 0.3) is 0 Å². The number of ether oxygens (including phenoxy) is 3. The summed E-state index contributed by atoms with van der Waals surface area (Å²) in [5.41, 5.74) is 0. The Morgan fingerprint density at radius 3 is 0.494 bits per heavy atom. The molecule has 0 saturated heterocycles. The summed E-state index contributed by atoms with van der Waals surface area (Å²) >= 11 is 0. The van der Waals surface area contributed by atoms with Crippen LogP contribution in [0, 0.1) is 0 Å². The third-order valence-electron chi connectivity index (χ3n) is 17.6. The van der Waals surface area contributed by atoms with E-state index in [4.69, 9.17) is 14.2 Å². The quantitative estimate of drug-likeness (QED) is 0.0343. The van der Waals surface area contributed by atoms with Crippen molar-refractivity contribution in [2.75, 3.05) is 13.2 Å². The van der Waals surface area contributed by atoms with Crippen molar-refractivity contribution in [3.05, 3.63) is 0 Å². The average Bonchev–Trinajstić information content (AvgIpc) is 3.47. The molecule has 0 fully saturated rings. The molecular weight excluding hydrogens is 997 g/mol. The zero-order valence-electron chi connectivity index (χ0n) is 55.6. The predicted molar refractivity (Wildman–Crippen MR) is 354 cm³/mol.